The number of carbonyl (C=O) groups excluding carboxylic acids is 2. The van der Waals surface area contributed by atoms with Gasteiger partial charge in [0.05, 0.1) is 17.9 Å². The van der Waals surface area contributed by atoms with Gasteiger partial charge < -0.3 is 14.6 Å². The molecule has 0 radical (unpaired) electrons. The Hall–Kier alpha value is -3.46. The lowest BCUT2D eigenvalue weighted by Gasteiger charge is -2.20. The van der Waals surface area contributed by atoms with Crippen LogP contribution in [0.1, 0.15) is 38.3 Å². The molecule has 1 amide bonds. The highest BCUT2D eigenvalue weighted by Crippen LogP contribution is 2.29. The number of rotatable bonds is 9. The van der Waals surface area contributed by atoms with Crippen LogP contribution in [0.2, 0.25) is 0 Å². The Labute approximate surface area is 202 Å². The van der Waals surface area contributed by atoms with Crippen molar-refractivity contribution in [3.8, 4) is 0 Å². The molecule has 0 spiro atoms. The van der Waals surface area contributed by atoms with E-state index in [-0.39, 0.29) is 5.91 Å². The third-order valence-electron chi connectivity index (χ3n) is 5.57. The number of amides is 1. The molecule has 0 aliphatic heterocycles. The SMILES string of the molecule is CCCn1c2ccccc2c2nnc(S[C@H](CC)C(=O)N[C@H](C(=O)OC)c3ccccc3)nc21. The van der Waals surface area contributed by atoms with Gasteiger partial charge in [-0.05, 0) is 24.5 Å². The van der Waals surface area contributed by atoms with Gasteiger partial charge in [0, 0.05) is 11.9 Å². The first kappa shape index (κ1) is 23.7. The van der Waals surface area contributed by atoms with Crippen LogP contribution in [0.4, 0.5) is 0 Å². The standard InChI is InChI=1S/C25H27N5O3S/c1-4-15-30-18-14-10-9-13-17(18)21-22(30)27-25(29-28-21)34-19(5-2)23(31)26-20(24(32)33-3)16-11-7-6-8-12-16/h6-14,19-20H,4-5,15H2,1-3H3,(H,26,31)/t19-,20+/m1/s1. The normalized spacial score (nSPS) is 13.0. The van der Waals surface area contributed by atoms with Crippen molar-refractivity contribution < 1.29 is 14.3 Å². The highest BCUT2D eigenvalue weighted by atomic mass is 32.2. The van der Waals surface area contributed by atoms with Crippen molar-refractivity contribution in [3.63, 3.8) is 0 Å². The first-order valence-electron chi connectivity index (χ1n) is 11.3. The Kier molecular flexibility index (Phi) is 7.42. The molecule has 4 aromatic rings. The minimum Gasteiger partial charge on any atom is -0.467 e. The summed E-state index contributed by atoms with van der Waals surface area (Å²) in [6.07, 6.45) is 1.48. The van der Waals surface area contributed by atoms with Crippen molar-refractivity contribution in [3.05, 3.63) is 60.2 Å². The monoisotopic (exact) mass is 477 g/mol. The summed E-state index contributed by atoms with van der Waals surface area (Å²) in [6.45, 7) is 4.84. The number of aromatic nitrogens is 4. The lowest BCUT2D eigenvalue weighted by atomic mass is 10.1. The quantitative estimate of drug-likeness (QED) is 0.284. The summed E-state index contributed by atoms with van der Waals surface area (Å²) in [5, 5.41) is 12.5. The van der Waals surface area contributed by atoms with Gasteiger partial charge in [-0.25, -0.2) is 9.78 Å². The molecule has 0 saturated carbocycles. The van der Waals surface area contributed by atoms with Crippen LogP contribution < -0.4 is 5.32 Å². The number of esters is 1. The predicted molar refractivity (Wildman–Crippen MR) is 132 cm³/mol. The van der Waals surface area contributed by atoms with E-state index in [1.165, 1.54) is 18.9 Å². The molecule has 176 valence electrons. The maximum Gasteiger partial charge on any atom is 0.333 e. The van der Waals surface area contributed by atoms with Gasteiger partial charge in [-0.1, -0.05) is 74.1 Å². The summed E-state index contributed by atoms with van der Waals surface area (Å²) < 4.78 is 7.06. The fourth-order valence-corrected chi connectivity index (χ4v) is 4.74. The zero-order valence-corrected chi connectivity index (χ0v) is 20.2. The molecule has 0 unspecified atom stereocenters. The molecule has 2 aromatic heterocycles. The van der Waals surface area contributed by atoms with E-state index in [1.807, 2.05) is 43.3 Å². The second kappa shape index (κ2) is 10.6. The van der Waals surface area contributed by atoms with Crippen LogP contribution in [0.25, 0.3) is 22.1 Å². The number of ether oxygens (including phenoxy) is 1. The summed E-state index contributed by atoms with van der Waals surface area (Å²) in [4.78, 5) is 30.3. The van der Waals surface area contributed by atoms with Gasteiger partial charge in [0.15, 0.2) is 11.7 Å². The third kappa shape index (κ3) is 4.75. The lowest BCUT2D eigenvalue weighted by molar-refractivity contribution is -0.145. The third-order valence-corrected chi connectivity index (χ3v) is 6.78. The average Bonchev–Trinajstić information content (AvgIpc) is 3.19. The van der Waals surface area contributed by atoms with Gasteiger partial charge in [0.25, 0.3) is 0 Å². The van der Waals surface area contributed by atoms with E-state index in [2.05, 4.69) is 33.1 Å². The molecule has 0 aliphatic rings. The topological polar surface area (TPSA) is 99.0 Å². The second-order valence-electron chi connectivity index (χ2n) is 7.83. The van der Waals surface area contributed by atoms with Gasteiger partial charge in [-0.2, -0.15) is 0 Å². The molecule has 0 bridgehead atoms. The van der Waals surface area contributed by atoms with Crippen molar-refractivity contribution >= 4 is 45.7 Å². The first-order valence-corrected chi connectivity index (χ1v) is 12.2. The molecule has 2 atom stereocenters. The maximum absolute atomic E-state index is 13.1. The Morgan fingerprint density at radius 2 is 1.79 bits per heavy atom. The van der Waals surface area contributed by atoms with Gasteiger partial charge in [-0.15, -0.1) is 10.2 Å². The number of nitrogens with one attached hydrogen (secondary N) is 1. The van der Waals surface area contributed by atoms with Gasteiger partial charge >= 0.3 is 5.97 Å². The highest BCUT2D eigenvalue weighted by molar-refractivity contribution is 8.00. The number of para-hydroxylation sites is 1. The van der Waals surface area contributed by atoms with Crippen LogP contribution in [0.3, 0.4) is 0 Å². The molecular weight excluding hydrogens is 450 g/mol. The molecule has 34 heavy (non-hydrogen) atoms. The molecule has 0 fully saturated rings. The summed E-state index contributed by atoms with van der Waals surface area (Å²) in [5.74, 6) is -0.813. The van der Waals surface area contributed by atoms with Crippen molar-refractivity contribution in [1.29, 1.82) is 0 Å². The number of benzene rings is 2. The largest absolute Gasteiger partial charge is 0.467 e. The molecule has 9 heteroatoms. The maximum atomic E-state index is 13.1. The lowest BCUT2D eigenvalue weighted by Crippen LogP contribution is -2.39. The number of hydrogen-bond acceptors (Lipinski definition) is 7. The van der Waals surface area contributed by atoms with Crippen molar-refractivity contribution in [2.24, 2.45) is 0 Å². The fourth-order valence-electron chi connectivity index (χ4n) is 3.92. The number of nitrogens with zero attached hydrogens (tertiary/aromatic N) is 4. The van der Waals surface area contributed by atoms with E-state index >= 15 is 0 Å². The van der Waals surface area contributed by atoms with E-state index in [0.29, 0.717) is 17.1 Å². The molecule has 1 N–H and O–H groups in total. The zero-order valence-electron chi connectivity index (χ0n) is 19.4. The number of carbonyl (C=O) groups is 2. The van der Waals surface area contributed by atoms with Crippen molar-refractivity contribution in [1.82, 2.24) is 25.1 Å². The van der Waals surface area contributed by atoms with Gasteiger partial charge in [0.1, 0.15) is 5.52 Å². The number of hydrogen-bond donors (Lipinski definition) is 1. The minimum atomic E-state index is -0.887. The molecule has 0 aliphatic carbocycles. The summed E-state index contributed by atoms with van der Waals surface area (Å²) in [7, 11) is 1.31. The van der Waals surface area contributed by atoms with Crippen LogP contribution >= 0.6 is 11.8 Å². The van der Waals surface area contributed by atoms with E-state index in [9.17, 15) is 9.59 Å². The molecule has 2 heterocycles. The number of thioether (sulfide) groups is 1. The summed E-state index contributed by atoms with van der Waals surface area (Å²) >= 11 is 1.24. The van der Waals surface area contributed by atoms with E-state index in [0.717, 1.165) is 35.0 Å². The zero-order chi connectivity index (χ0) is 24.1. The Bertz CT molecular complexity index is 1310. The van der Waals surface area contributed by atoms with Crippen LogP contribution in [0.5, 0.6) is 0 Å². The highest BCUT2D eigenvalue weighted by Gasteiger charge is 2.28. The average molecular weight is 478 g/mol. The Balaban J connectivity index is 1.60. The van der Waals surface area contributed by atoms with Crippen LogP contribution in [0.15, 0.2) is 59.8 Å². The number of aryl methyl sites for hydroxylation is 1. The second-order valence-corrected chi connectivity index (χ2v) is 9.00. The Morgan fingerprint density at radius 1 is 1.06 bits per heavy atom. The number of fused-ring (bicyclic) bond motifs is 3. The van der Waals surface area contributed by atoms with Crippen molar-refractivity contribution in [2.75, 3.05) is 7.11 Å². The molecular formula is C25H27N5O3S. The van der Waals surface area contributed by atoms with Gasteiger partial charge in [0.2, 0.25) is 11.1 Å². The van der Waals surface area contributed by atoms with Crippen molar-refractivity contribution in [2.45, 2.75) is 49.7 Å². The minimum absolute atomic E-state index is 0.287. The smallest absolute Gasteiger partial charge is 0.333 e. The van der Waals surface area contributed by atoms with E-state index in [4.69, 9.17) is 9.72 Å². The van der Waals surface area contributed by atoms with E-state index < -0.39 is 17.3 Å². The van der Waals surface area contributed by atoms with Gasteiger partial charge in [-0.3, -0.25) is 4.79 Å². The molecule has 8 nitrogen and oxygen atoms in total. The first-order chi connectivity index (χ1) is 16.6. The molecule has 2 aromatic carbocycles. The predicted octanol–water partition coefficient (Wildman–Crippen LogP) is 4.29. The summed E-state index contributed by atoms with van der Waals surface area (Å²) in [6, 6.07) is 16.2. The van der Waals surface area contributed by atoms with Crippen LogP contribution in [-0.2, 0) is 20.9 Å². The van der Waals surface area contributed by atoms with E-state index in [1.54, 1.807) is 12.1 Å². The Morgan fingerprint density at radius 3 is 2.50 bits per heavy atom. The van der Waals surface area contributed by atoms with Crippen LogP contribution in [0, 0.1) is 0 Å². The molecule has 0 saturated heterocycles. The van der Waals surface area contributed by atoms with Crippen LogP contribution in [-0.4, -0.2) is 44.0 Å². The molecule has 4 rings (SSSR count). The fraction of sp³-hybridized carbons (Fsp3) is 0.320. The summed E-state index contributed by atoms with van der Waals surface area (Å²) in [5.41, 5.74) is 3.23. The number of methoxy groups -OCH3 is 1.